The molecule has 1 aromatic carbocycles. The van der Waals surface area contributed by atoms with Crippen LogP contribution in [0.25, 0.3) is 10.2 Å². The van der Waals surface area contributed by atoms with Crippen LogP contribution < -0.4 is 5.56 Å². The lowest BCUT2D eigenvalue weighted by molar-refractivity contribution is 0.506. The van der Waals surface area contributed by atoms with Crippen LogP contribution in [0.2, 0.25) is 0 Å². The fourth-order valence-electron chi connectivity index (χ4n) is 3.37. The molecule has 1 aliphatic rings. The zero-order chi connectivity index (χ0) is 18.4. The molecule has 0 radical (unpaired) electrons. The van der Waals surface area contributed by atoms with Crippen LogP contribution in [0.1, 0.15) is 41.8 Å². The van der Waals surface area contributed by atoms with Gasteiger partial charge < -0.3 is 4.98 Å². The predicted octanol–water partition coefficient (Wildman–Crippen LogP) is 5.24. The summed E-state index contributed by atoms with van der Waals surface area (Å²) >= 11 is 2.95. The Balaban J connectivity index is 1.68. The number of nitrogens with zero attached hydrogens (tertiary/aromatic N) is 1. The molecule has 2 heterocycles. The lowest BCUT2D eigenvalue weighted by Gasteiger charge is -2.17. The number of fused-ring (bicyclic) bond motifs is 3. The lowest BCUT2D eigenvalue weighted by Crippen LogP contribution is -2.15. The van der Waals surface area contributed by atoms with Crippen molar-refractivity contribution in [3.63, 3.8) is 0 Å². The SMILES string of the molecule is C[C@H]1CCc2c(sc3nc([C@@H](C)Sc4ccc(F)c(F)c4)[nH]c(=O)c23)C1. The summed E-state index contributed by atoms with van der Waals surface area (Å²) in [5, 5.41) is 0.542. The molecule has 0 fully saturated rings. The van der Waals surface area contributed by atoms with Gasteiger partial charge in [0.2, 0.25) is 0 Å². The van der Waals surface area contributed by atoms with E-state index in [9.17, 15) is 13.6 Å². The number of aromatic amines is 1. The summed E-state index contributed by atoms with van der Waals surface area (Å²) in [7, 11) is 0. The van der Waals surface area contributed by atoms with E-state index < -0.39 is 11.6 Å². The number of hydrogen-bond donors (Lipinski definition) is 1. The maximum Gasteiger partial charge on any atom is 0.259 e. The largest absolute Gasteiger partial charge is 0.309 e. The Bertz CT molecular complexity index is 1040. The Kier molecular flexibility index (Phi) is 4.61. The first kappa shape index (κ1) is 17.7. The minimum absolute atomic E-state index is 0.102. The van der Waals surface area contributed by atoms with Crippen molar-refractivity contribution in [1.82, 2.24) is 9.97 Å². The predicted molar refractivity (Wildman–Crippen MR) is 102 cm³/mol. The molecule has 3 aromatic rings. The van der Waals surface area contributed by atoms with Gasteiger partial charge in [-0.1, -0.05) is 6.92 Å². The Morgan fingerprint density at radius 2 is 2.15 bits per heavy atom. The molecule has 0 unspecified atom stereocenters. The average molecular weight is 392 g/mol. The van der Waals surface area contributed by atoms with Crippen LogP contribution in [-0.2, 0) is 12.8 Å². The monoisotopic (exact) mass is 392 g/mol. The van der Waals surface area contributed by atoms with Crippen LogP contribution in [0.15, 0.2) is 27.9 Å². The summed E-state index contributed by atoms with van der Waals surface area (Å²) in [5.74, 6) is -0.548. The van der Waals surface area contributed by atoms with Crippen LogP contribution in [0.5, 0.6) is 0 Å². The topological polar surface area (TPSA) is 45.8 Å². The third-order valence-electron chi connectivity index (χ3n) is 4.77. The van der Waals surface area contributed by atoms with Crippen molar-refractivity contribution < 1.29 is 8.78 Å². The lowest BCUT2D eigenvalue weighted by atomic mass is 9.89. The number of nitrogens with one attached hydrogen (secondary N) is 1. The van der Waals surface area contributed by atoms with E-state index in [0.717, 1.165) is 41.1 Å². The molecule has 0 aliphatic heterocycles. The van der Waals surface area contributed by atoms with E-state index in [-0.39, 0.29) is 10.8 Å². The summed E-state index contributed by atoms with van der Waals surface area (Å²) in [6.45, 7) is 4.13. The molecular formula is C19H18F2N2OS2. The smallest absolute Gasteiger partial charge is 0.259 e. The van der Waals surface area contributed by atoms with E-state index in [1.165, 1.54) is 28.8 Å². The first-order chi connectivity index (χ1) is 12.4. The second-order valence-corrected chi connectivity index (χ2v) is 9.32. The van der Waals surface area contributed by atoms with Gasteiger partial charge in [-0.2, -0.15) is 0 Å². The standard InChI is InChI=1S/C19H18F2N2OS2/c1-9-3-5-12-15(7-9)26-19-16(12)18(24)22-17(23-19)10(2)25-11-4-6-13(20)14(21)8-11/h4,6,8-10H,3,5,7H2,1-2H3,(H,22,23,24)/t9-,10+/m0/s1. The van der Waals surface area contributed by atoms with E-state index >= 15 is 0 Å². The van der Waals surface area contributed by atoms with Crippen LogP contribution in [0, 0.1) is 17.6 Å². The third kappa shape index (κ3) is 3.18. The van der Waals surface area contributed by atoms with E-state index in [1.54, 1.807) is 11.3 Å². The molecule has 3 nitrogen and oxygen atoms in total. The number of aromatic nitrogens is 2. The normalized spacial score (nSPS) is 18.1. The number of hydrogen-bond acceptors (Lipinski definition) is 4. The zero-order valence-electron chi connectivity index (χ0n) is 14.4. The van der Waals surface area contributed by atoms with Gasteiger partial charge in [0, 0.05) is 9.77 Å². The Morgan fingerprint density at radius 3 is 2.92 bits per heavy atom. The van der Waals surface area contributed by atoms with E-state index in [2.05, 4.69) is 16.9 Å². The molecule has 136 valence electrons. The van der Waals surface area contributed by atoms with Crippen molar-refractivity contribution in [2.45, 2.75) is 43.3 Å². The number of aryl methyl sites for hydroxylation is 1. The van der Waals surface area contributed by atoms with Gasteiger partial charge in [-0.25, -0.2) is 13.8 Å². The number of benzene rings is 1. The first-order valence-corrected chi connectivity index (χ1v) is 10.3. The quantitative estimate of drug-likeness (QED) is 0.620. The molecule has 26 heavy (non-hydrogen) atoms. The average Bonchev–Trinajstić information content (AvgIpc) is 2.95. The molecule has 4 rings (SSSR count). The van der Waals surface area contributed by atoms with Crippen LogP contribution >= 0.6 is 23.1 Å². The number of rotatable bonds is 3. The molecule has 2 atom stereocenters. The molecule has 2 aromatic heterocycles. The van der Waals surface area contributed by atoms with E-state index in [1.807, 2.05) is 6.92 Å². The highest BCUT2D eigenvalue weighted by Crippen LogP contribution is 2.38. The molecule has 0 saturated carbocycles. The zero-order valence-corrected chi connectivity index (χ0v) is 16.1. The minimum atomic E-state index is -0.876. The number of thioether (sulfide) groups is 1. The number of thiophene rings is 1. The Morgan fingerprint density at radius 1 is 1.35 bits per heavy atom. The van der Waals surface area contributed by atoms with E-state index in [0.29, 0.717) is 16.6 Å². The van der Waals surface area contributed by atoms with Crippen LogP contribution in [-0.4, -0.2) is 9.97 Å². The first-order valence-electron chi connectivity index (χ1n) is 8.58. The molecule has 1 aliphatic carbocycles. The fourth-order valence-corrected chi connectivity index (χ4v) is 5.71. The fraction of sp³-hybridized carbons (Fsp3) is 0.368. The third-order valence-corrected chi connectivity index (χ3v) is 7.02. The second-order valence-electron chi connectivity index (χ2n) is 6.82. The van der Waals surface area contributed by atoms with Gasteiger partial charge >= 0.3 is 0 Å². The van der Waals surface area contributed by atoms with Gasteiger partial charge in [-0.15, -0.1) is 23.1 Å². The molecule has 0 amide bonds. The van der Waals surface area contributed by atoms with Crippen molar-refractivity contribution in [3.05, 3.63) is 56.5 Å². The van der Waals surface area contributed by atoms with Crippen molar-refractivity contribution in [3.8, 4) is 0 Å². The van der Waals surface area contributed by atoms with Crippen molar-refractivity contribution in [2.24, 2.45) is 5.92 Å². The summed E-state index contributed by atoms with van der Waals surface area (Å²) in [6, 6.07) is 3.80. The van der Waals surface area contributed by atoms with Crippen LogP contribution in [0.3, 0.4) is 0 Å². The minimum Gasteiger partial charge on any atom is -0.309 e. The Labute approximate surface area is 157 Å². The summed E-state index contributed by atoms with van der Waals surface area (Å²) < 4.78 is 26.5. The van der Waals surface area contributed by atoms with Crippen LogP contribution in [0.4, 0.5) is 8.78 Å². The number of H-pyrrole nitrogens is 1. The maximum atomic E-state index is 13.4. The van der Waals surface area contributed by atoms with Crippen molar-refractivity contribution in [2.75, 3.05) is 0 Å². The maximum absolute atomic E-state index is 13.4. The van der Waals surface area contributed by atoms with Crippen molar-refractivity contribution >= 4 is 33.3 Å². The van der Waals surface area contributed by atoms with Crippen molar-refractivity contribution in [1.29, 1.82) is 0 Å². The highest BCUT2D eigenvalue weighted by Gasteiger charge is 2.24. The Hall–Kier alpha value is -1.73. The molecule has 7 heteroatoms. The molecule has 1 N–H and O–H groups in total. The summed E-state index contributed by atoms with van der Waals surface area (Å²) in [6.07, 6.45) is 3.03. The molecule has 0 bridgehead atoms. The molecular weight excluding hydrogens is 374 g/mol. The number of halogens is 2. The van der Waals surface area contributed by atoms with Gasteiger partial charge in [-0.05, 0) is 55.9 Å². The van der Waals surface area contributed by atoms with Gasteiger partial charge in [0.05, 0.1) is 10.6 Å². The van der Waals surface area contributed by atoms with E-state index in [4.69, 9.17) is 0 Å². The van der Waals surface area contributed by atoms with Gasteiger partial charge in [0.25, 0.3) is 5.56 Å². The highest BCUT2D eigenvalue weighted by atomic mass is 32.2. The molecule has 0 saturated heterocycles. The second kappa shape index (κ2) is 6.78. The van der Waals surface area contributed by atoms with Gasteiger partial charge in [0.15, 0.2) is 11.6 Å². The molecule has 0 spiro atoms. The van der Waals surface area contributed by atoms with Gasteiger partial charge in [-0.3, -0.25) is 4.79 Å². The summed E-state index contributed by atoms with van der Waals surface area (Å²) in [4.78, 5) is 22.9. The van der Waals surface area contributed by atoms with Gasteiger partial charge in [0.1, 0.15) is 10.7 Å². The highest BCUT2D eigenvalue weighted by molar-refractivity contribution is 7.99. The summed E-state index contributed by atoms with van der Waals surface area (Å²) in [5.41, 5.74) is 1.05.